The molecule has 0 saturated heterocycles. The van der Waals surface area contributed by atoms with Gasteiger partial charge in [0, 0.05) is 12.8 Å². The SMILES string of the molecule is CCc1ccc(C2CC(c3ccccc3)=NN2C2=NC(=O)C(CC(=O)Nc3ccccc3OC)S2)cc1. The number of amides is 2. The highest BCUT2D eigenvalue weighted by molar-refractivity contribution is 8.15. The molecule has 0 aliphatic carbocycles. The average molecular weight is 513 g/mol. The van der Waals surface area contributed by atoms with Crippen molar-refractivity contribution in [2.75, 3.05) is 12.4 Å². The van der Waals surface area contributed by atoms with Crippen LogP contribution in [0.5, 0.6) is 5.75 Å². The first kappa shape index (κ1) is 24.8. The zero-order valence-corrected chi connectivity index (χ0v) is 21.6. The first-order valence-electron chi connectivity index (χ1n) is 12.3. The van der Waals surface area contributed by atoms with E-state index in [0.717, 1.165) is 23.3 Å². The summed E-state index contributed by atoms with van der Waals surface area (Å²) in [6.45, 7) is 2.13. The number of nitrogens with one attached hydrogen (secondary N) is 1. The standard InChI is InChI=1S/C29H28N4O3S/c1-3-19-13-15-21(16-14-19)24-17-23(20-9-5-4-6-10-20)32-33(24)29-31-28(35)26(37-29)18-27(34)30-22-11-7-8-12-25(22)36-2/h4-16,24,26H,3,17-18H2,1-2H3,(H,30,34). The normalized spacial score (nSPS) is 19.0. The molecule has 2 atom stereocenters. The van der Waals surface area contributed by atoms with E-state index in [-0.39, 0.29) is 24.3 Å². The third-order valence-corrected chi connectivity index (χ3v) is 7.61. The van der Waals surface area contributed by atoms with Gasteiger partial charge in [0.2, 0.25) is 5.91 Å². The van der Waals surface area contributed by atoms with E-state index in [1.807, 2.05) is 47.5 Å². The highest BCUT2D eigenvalue weighted by atomic mass is 32.2. The number of amidine groups is 1. The number of methoxy groups -OCH3 is 1. The Morgan fingerprint density at radius 1 is 1.05 bits per heavy atom. The number of benzene rings is 3. The second kappa shape index (κ2) is 11.0. The van der Waals surface area contributed by atoms with Gasteiger partial charge >= 0.3 is 0 Å². The Hall–Kier alpha value is -3.91. The Morgan fingerprint density at radius 2 is 1.78 bits per heavy atom. The summed E-state index contributed by atoms with van der Waals surface area (Å²) in [5, 5.41) is 9.52. The zero-order valence-electron chi connectivity index (χ0n) is 20.8. The van der Waals surface area contributed by atoms with Crippen molar-refractivity contribution in [3.8, 4) is 5.75 Å². The van der Waals surface area contributed by atoms with Gasteiger partial charge < -0.3 is 10.1 Å². The van der Waals surface area contributed by atoms with E-state index in [4.69, 9.17) is 9.84 Å². The van der Waals surface area contributed by atoms with E-state index in [1.54, 1.807) is 19.2 Å². The Balaban J connectivity index is 1.34. The average Bonchev–Trinajstić information content (AvgIpc) is 3.53. The van der Waals surface area contributed by atoms with Gasteiger partial charge in [-0.15, -0.1) is 0 Å². The minimum atomic E-state index is -0.608. The van der Waals surface area contributed by atoms with Gasteiger partial charge in [0.15, 0.2) is 5.17 Å². The number of aryl methyl sites for hydroxylation is 1. The molecule has 2 heterocycles. The third-order valence-electron chi connectivity index (χ3n) is 6.47. The van der Waals surface area contributed by atoms with Crippen LogP contribution < -0.4 is 10.1 Å². The molecule has 188 valence electrons. The molecule has 0 saturated carbocycles. The number of hydrogen-bond acceptors (Lipinski definition) is 6. The lowest BCUT2D eigenvalue weighted by atomic mass is 9.97. The van der Waals surface area contributed by atoms with E-state index in [1.165, 1.54) is 17.3 Å². The van der Waals surface area contributed by atoms with Crippen LogP contribution in [0.15, 0.2) is 89.0 Å². The monoisotopic (exact) mass is 512 g/mol. The minimum Gasteiger partial charge on any atom is -0.495 e. The van der Waals surface area contributed by atoms with E-state index in [2.05, 4.69) is 41.5 Å². The molecule has 2 amide bonds. The molecule has 3 aromatic carbocycles. The first-order chi connectivity index (χ1) is 18.1. The molecule has 5 rings (SSSR count). The van der Waals surface area contributed by atoms with Crippen molar-refractivity contribution < 1.29 is 14.3 Å². The van der Waals surface area contributed by atoms with Gasteiger partial charge in [0.05, 0.1) is 24.6 Å². The number of nitrogens with zero attached hydrogens (tertiary/aromatic N) is 3. The lowest BCUT2D eigenvalue weighted by Crippen LogP contribution is -2.25. The Labute approximate surface area is 220 Å². The summed E-state index contributed by atoms with van der Waals surface area (Å²) in [5.74, 6) is -0.0259. The fourth-order valence-corrected chi connectivity index (χ4v) is 5.51. The molecule has 0 bridgehead atoms. The molecule has 37 heavy (non-hydrogen) atoms. The minimum absolute atomic E-state index is 0.00745. The summed E-state index contributed by atoms with van der Waals surface area (Å²) in [6.07, 6.45) is 1.67. The van der Waals surface area contributed by atoms with Crippen molar-refractivity contribution in [1.82, 2.24) is 5.01 Å². The van der Waals surface area contributed by atoms with Gasteiger partial charge in [-0.1, -0.05) is 85.4 Å². The highest BCUT2D eigenvalue weighted by Gasteiger charge is 2.39. The summed E-state index contributed by atoms with van der Waals surface area (Å²) in [4.78, 5) is 29.9. The summed E-state index contributed by atoms with van der Waals surface area (Å²) < 4.78 is 5.31. The maximum atomic E-state index is 12.8. The largest absolute Gasteiger partial charge is 0.495 e. The second-order valence-electron chi connectivity index (χ2n) is 8.86. The molecule has 8 heteroatoms. The Morgan fingerprint density at radius 3 is 2.51 bits per heavy atom. The van der Waals surface area contributed by atoms with Crippen molar-refractivity contribution >= 4 is 40.1 Å². The van der Waals surface area contributed by atoms with Crippen molar-refractivity contribution in [3.63, 3.8) is 0 Å². The molecular formula is C29H28N4O3S. The van der Waals surface area contributed by atoms with Gasteiger partial charge in [-0.05, 0) is 35.2 Å². The number of carbonyl (C=O) groups excluding carboxylic acids is 2. The Kier molecular flexibility index (Phi) is 7.37. The number of hydrazone groups is 1. The lowest BCUT2D eigenvalue weighted by molar-refractivity contribution is -0.121. The number of carbonyl (C=O) groups is 2. The van der Waals surface area contributed by atoms with Crippen LogP contribution in [0.3, 0.4) is 0 Å². The van der Waals surface area contributed by atoms with E-state index < -0.39 is 5.25 Å². The van der Waals surface area contributed by atoms with E-state index >= 15 is 0 Å². The van der Waals surface area contributed by atoms with Gasteiger partial charge in [-0.3, -0.25) is 9.59 Å². The summed E-state index contributed by atoms with van der Waals surface area (Å²) in [5.41, 5.74) is 4.93. The van der Waals surface area contributed by atoms with Gasteiger partial charge in [0.25, 0.3) is 5.91 Å². The predicted molar refractivity (Wildman–Crippen MR) is 148 cm³/mol. The number of aliphatic imine (C=N–C) groups is 1. The number of ether oxygens (including phenoxy) is 1. The topological polar surface area (TPSA) is 83.4 Å². The molecule has 0 aromatic heterocycles. The van der Waals surface area contributed by atoms with Crippen LogP contribution in [-0.2, 0) is 16.0 Å². The van der Waals surface area contributed by atoms with Crippen LogP contribution in [0, 0.1) is 0 Å². The van der Waals surface area contributed by atoms with Crippen LogP contribution in [0.4, 0.5) is 5.69 Å². The molecule has 2 aliphatic heterocycles. The molecule has 3 aromatic rings. The number of anilines is 1. The van der Waals surface area contributed by atoms with Gasteiger partial charge in [-0.2, -0.15) is 10.1 Å². The second-order valence-corrected chi connectivity index (χ2v) is 10.0. The summed E-state index contributed by atoms with van der Waals surface area (Å²) in [7, 11) is 1.55. The smallest absolute Gasteiger partial charge is 0.262 e. The van der Waals surface area contributed by atoms with Crippen molar-refractivity contribution in [1.29, 1.82) is 0 Å². The number of para-hydroxylation sites is 2. The Bertz CT molecular complexity index is 1360. The van der Waals surface area contributed by atoms with Gasteiger partial charge in [0.1, 0.15) is 11.0 Å². The van der Waals surface area contributed by atoms with Crippen molar-refractivity contribution in [2.45, 2.75) is 37.5 Å². The third kappa shape index (κ3) is 5.44. The van der Waals surface area contributed by atoms with Crippen LogP contribution in [0.2, 0.25) is 0 Å². The van der Waals surface area contributed by atoms with Crippen LogP contribution >= 0.6 is 11.8 Å². The maximum Gasteiger partial charge on any atom is 0.262 e. The molecule has 2 aliphatic rings. The molecule has 0 fully saturated rings. The molecule has 7 nitrogen and oxygen atoms in total. The summed E-state index contributed by atoms with van der Waals surface area (Å²) >= 11 is 1.30. The fraction of sp³-hybridized carbons (Fsp3) is 0.241. The zero-order chi connectivity index (χ0) is 25.8. The van der Waals surface area contributed by atoms with Crippen molar-refractivity contribution in [3.05, 3.63) is 95.6 Å². The number of thioether (sulfide) groups is 1. The lowest BCUT2D eigenvalue weighted by Gasteiger charge is -2.23. The van der Waals surface area contributed by atoms with Crippen molar-refractivity contribution in [2.24, 2.45) is 10.1 Å². The highest BCUT2D eigenvalue weighted by Crippen LogP contribution is 2.38. The molecule has 1 N–H and O–H groups in total. The number of hydrogen-bond donors (Lipinski definition) is 1. The quantitative estimate of drug-likeness (QED) is 0.456. The molecular weight excluding hydrogens is 484 g/mol. The molecule has 0 spiro atoms. The van der Waals surface area contributed by atoms with Crippen LogP contribution in [0.1, 0.15) is 42.5 Å². The van der Waals surface area contributed by atoms with Gasteiger partial charge in [-0.25, -0.2) is 5.01 Å². The predicted octanol–water partition coefficient (Wildman–Crippen LogP) is 5.44. The first-order valence-corrected chi connectivity index (χ1v) is 13.2. The van der Waals surface area contributed by atoms with Crippen LogP contribution in [-0.4, -0.2) is 40.1 Å². The fourth-order valence-electron chi connectivity index (χ4n) is 4.45. The van der Waals surface area contributed by atoms with E-state index in [9.17, 15) is 9.59 Å². The summed E-state index contributed by atoms with van der Waals surface area (Å²) in [6, 6.07) is 25.7. The molecule has 2 unspecified atom stereocenters. The van der Waals surface area contributed by atoms with Crippen LogP contribution in [0.25, 0.3) is 0 Å². The maximum absolute atomic E-state index is 12.8. The van der Waals surface area contributed by atoms with E-state index in [0.29, 0.717) is 23.0 Å². The molecule has 0 radical (unpaired) electrons. The number of rotatable bonds is 7.